The van der Waals surface area contributed by atoms with Crippen LogP contribution in [0.1, 0.15) is 24.0 Å². The van der Waals surface area contributed by atoms with E-state index in [1.807, 2.05) is 0 Å². The minimum absolute atomic E-state index is 0.347. The summed E-state index contributed by atoms with van der Waals surface area (Å²) in [6.07, 6.45) is 5.11. The molecule has 0 aliphatic heterocycles. The van der Waals surface area contributed by atoms with Crippen molar-refractivity contribution in [2.24, 2.45) is 0 Å². The van der Waals surface area contributed by atoms with Crippen LogP contribution in [0.25, 0.3) is 5.82 Å². The summed E-state index contributed by atoms with van der Waals surface area (Å²) in [4.78, 5) is 19.2. The molecule has 3 rings (SSSR count). The Bertz CT molecular complexity index is 1070. The first-order valence-electron chi connectivity index (χ1n) is 8.75. The van der Waals surface area contributed by atoms with Crippen molar-refractivity contribution in [1.82, 2.24) is 25.1 Å². The van der Waals surface area contributed by atoms with Crippen LogP contribution >= 0.6 is 0 Å². The number of nitriles is 1. The largest absolute Gasteiger partial charge is 0.465 e. The molecule has 0 saturated heterocycles. The van der Waals surface area contributed by atoms with Gasteiger partial charge in [-0.25, -0.2) is 14.5 Å². The zero-order valence-corrected chi connectivity index (χ0v) is 15.3. The summed E-state index contributed by atoms with van der Waals surface area (Å²) in [7, 11) is 0. The SMILES string of the molecule is N#Cc1ccc(Nc2ncc(C#CCCCNC(=O)O)c(-n3cccn3)n2)cc1. The van der Waals surface area contributed by atoms with Gasteiger partial charge in [0.2, 0.25) is 5.95 Å². The van der Waals surface area contributed by atoms with Gasteiger partial charge in [0.25, 0.3) is 0 Å². The Kier molecular flexibility index (Phi) is 6.37. The van der Waals surface area contributed by atoms with E-state index in [9.17, 15) is 4.79 Å². The molecule has 0 radical (unpaired) electrons. The van der Waals surface area contributed by atoms with E-state index in [2.05, 4.69) is 43.6 Å². The van der Waals surface area contributed by atoms with Crippen molar-refractivity contribution < 1.29 is 9.90 Å². The van der Waals surface area contributed by atoms with E-state index in [0.717, 1.165) is 5.69 Å². The minimum Gasteiger partial charge on any atom is -0.465 e. The molecular formula is C20H17N7O2. The van der Waals surface area contributed by atoms with Crippen molar-refractivity contribution in [1.29, 1.82) is 5.26 Å². The second kappa shape index (κ2) is 9.53. The lowest BCUT2D eigenvalue weighted by molar-refractivity contribution is 0.194. The fourth-order valence-electron chi connectivity index (χ4n) is 2.38. The van der Waals surface area contributed by atoms with E-state index in [0.29, 0.717) is 42.3 Å². The molecule has 0 unspecified atom stereocenters. The van der Waals surface area contributed by atoms with Crippen molar-refractivity contribution in [3.8, 4) is 23.7 Å². The Balaban J connectivity index is 1.77. The molecule has 0 aliphatic rings. The molecule has 0 fully saturated rings. The number of nitrogens with one attached hydrogen (secondary N) is 2. The molecule has 0 aliphatic carbocycles. The van der Waals surface area contributed by atoms with E-state index in [1.54, 1.807) is 53.6 Å². The van der Waals surface area contributed by atoms with E-state index in [1.165, 1.54) is 0 Å². The summed E-state index contributed by atoms with van der Waals surface area (Å²) in [5.74, 6) is 6.92. The number of benzene rings is 1. The van der Waals surface area contributed by atoms with Crippen LogP contribution in [0, 0.1) is 23.2 Å². The lowest BCUT2D eigenvalue weighted by Crippen LogP contribution is -2.21. The summed E-state index contributed by atoms with van der Waals surface area (Å²) in [6.45, 7) is 0.347. The van der Waals surface area contributed by atoms with E-state index in [4.69, 9.17) is 10.4 Å². The number of carbonyl (C=O) groups is 1. The molecule has 9 heteroatoms. The van der Waals surface area contributed by atoms with Gasteiger partial charge in [0.05, 0.1) is 23.4 Å². The van der Waals surface area contributed by atoms with E-state index >= 15 is 0 Å². The molecule has 1 aromatic carbocycles. The first-order valence-corrected chi connectivity index (χ1v) is 8.75. The smallest absolute Gasteiger partial charge is 0.404 e. The van der Waals surface area contributed by atoms with Gasteiger partial charge in [-0.05, 0) is 36.8 Å². The van der Waals surface area contributed by atoms with Crippen molar-refractivity contribution in [2.45, 2.75) is 12.8 Å². The minimum atomic E-state index is -1.04. The molecule has 2 heterocycles. The fourth-order valence-corrected chi connectivity index (χ4v) is 2.38. The van der Waals surface area contributed by atoms with Crippen LogP contribution in [0.5, 0.6) is 0 Å². The Hall–Kier alpha value is -4.37. The summed E-state index contributed by atoms with van der Waals surface area (Å²) in [5, 5.41) is 27.0. The Labute approximate surface area is 167 Å². The van der Waals surface area contributed by atoms with Gasteiger partial charge in [-0.2, -0.15) is 15.3 Å². The second-order valence-corrected chi connectivity index (χ2v) is 5.83. The highest BCUT2D eigenvalue weighted by molar-refractivity contribution is 5.64. The van der Waals surface area contributed by atoms with Gasteiger partial charge in [-0.15, -0.1) is 0 Å². The van der Waals surface area contributed by atoms with Gasteiger partial charge in [0, 0.05) is 31.0 Å². The summed E-state index contributed by atoms with van der Waals surface area (Å²) in [6, 6.07) is 10.8. The molecule has 0 atom stereocenters. The molecule has 3 aromatic rings. The van der Waals surface area contributed by atoms with Crippen LogP contribution in [0.4, 0.5) is 16.4 Å². The first kappa shape index (κ1) is 19.4. The van der Waals surface area contributed by atoms with Gasteiger partial charge >= 0.3 is 6.09 Å². The van der Waals surface area contributed by atoms with E-state index < -0.39 is 6.09 Å². The third-order valence-corrected chi connectivity index (χ3v) is 3.74. The molecule has 2 aromatic heterocycles. The van der Waals surface area contributed by atoms with Gasteiger partial charge < -0.3 is 15.7 Å². The molecule has 144 valence electrons. The molecule has 0 spiro atoms. The van der Waals surface area contributed by atoms with Crippen LogP contribution < -0.4 is 10.6 Å². The third kappa shape index (κ3) is 5.55. The highest BCUT2D eigenvalue weighted by Crippen LogP contribution is 2.17. The average molecular weight is 387 g/mol. The van der Waals surface area contributed by atoms with Gasteiger partial charge in [0.1, 0.15) is 0 Å². The van der Waals surface area contributed by atoms with Crippen molar-refractivity contribution >= 4 is 17.7 Å². The van der Waals surface area contributed by atoms with Crippen molar-refractivity contribution in [3.63, 3.8) is 0 Å². The molecule has 0 saturated carbocycles. The maximum atomic E-state index is 10.4. The Morgan fingerprint density at radius 2 is 2.10 bits per heavy atom. The molecule has 3 N–H and O–H groups in total. The van der Waals surface area contributed by atoms with Gasteiger partial charge in [-0.1, -0.05) is 11.8 Å². The normalized spacial score (nSPS) is 9.76. The van der Waals surface area contributed by atoms with Crippen LogP contribution in [0.2, 0.25) is 0 Å². The zero-order chi connectivity index (χ0) is 20.5. The second-order valence-electron chi connectivity index (χ2n) is 5.83. The quantitative estimate of drug-likeness (QED) is 0.438. The highest BCUT2D eigenvalue weighted by atomic mass is 16.4. The number of anilines is 2. The molecule has 9 nitrogen and oxygen atoms in total. The Morgan fingerprint density at radius 1 is 1.28 bits per heavy atom. The average Bonchev–Trinajstić information content (AvgIpc) is 3.26. The monoisotopic (exact) mass is 387 g/mol. The van der Waals surface area contributed by atoms with Gasteiger partial charge in [0.15, 0.2) is 5.82 Å². The number of amides is 1. The predicted molar refractivity (Wildman–Crippen MR) is 106 cm³/mol. The number of hydrogen-bond donors (Lipinski definition) is 3. The summed E-state index contributed by atoms with van der Waals surface area (Å²) in [5.41, 5.74) is 1.92. The van der Waals surface area contributed by atoms with Crippen LogP contribution in [0.15, 0.2) is 48.9 Å². The predicted octanol–water partition coefficient (Wildman–Crippen LogP) is 2.68. The molecular weight excluding hydrogens is 370 g/mol. The summed E-state index contributed by atoms with van der Waals surface area (Å²) < 4.78 is 1.60. The number of hydrogen-bond acceptors (Lipinski definition) is 6. The number of aromatic nitrogens is 4. The van der Waals surface area contributed by atoms with Crippen molar-refractivity contribution in [2.75, 3.05) is 11.9 Å². The topological polar surface area (TPSA) is 129 Å². The fraction of sp³-hybridized carbons (Fsp3) is 0.150. The van der Waals surface area contributed by atoms with Crippen molar-refractivity contribution in [3.05, 3.63) is 60.0 Å². The zero-order valence-electron chi connectivity index (χ0n) is 15.3. The van der Waals surface area contributed by atoms with Crippen LogP contribution in [-0.2, 0) is 0 Å². The summed E-state index contributed by atoms with van der Waals surface area (Å²) >= 11 is 0. The first-order chi connectivity index (χ1) is 14.2. The lowest BCUT2D eigenvalue weighted by atomic mass is 10.2. The third-order valence-electron chi connectivity index (χ3n) is 3.74. The Morgan fingerprint density at radius 3 is 2.79 bits per heavy atom. The number of unbranched alkanes of at least 4 members (excludes halogenated alkanes) is 1. The van der Waals surface area contributed by atoms with E-state index in [-0.39, 0.29) is 0 Å². The molecule has 1 amide bonds. The number of rotatable bonds is 6. The number of nitrogens with zero attached hydrogens (tertiary/aromatic N) is 5. The highest BCUT2D eigenvalue weighted by Gasteiger charge is 2.09. The maximum Gasteiger partial charge on any atom is 0.404 e. The van der Waals surface area contributed by atoms with Gasteiger partial charge in [-0.3, -0.25) is 0 Å². The number of carboxylic acid groups (broad SMARTS) is 1. The lowest BCUT2D eigenvalue weighted by Gasteiger charge is -2.08. The van der Waals surface area contributed by atoms with Crippen LogP contribution in [0.3, 0.4) is 0 Å². The standard InChI is InChI=1S/C20H17N7O2/c21-13-15-6-8-17(9-7-15)25-19-23-14-16(5-2-1-3-10-22-20(28)29)18(26-19)27-12-4-11-24-27/h4,6-9,11-12,14,22H,1,3,10H2,(H,28,29)(H,23,25,26). The maximum absolute atomic E-state index is 10.4. The molecule has 29 heavy (non-hydrogen) atoms. The van der Waals surface area contributed by atoms with Crippen LogP contribution in [-0.4, -0.2) is 37.5 Å². The molecule has 0 bridgehead atoms.